The minimum Gasteiger partial charge on any atom is -0.376 e. The van der Waals surface area contributed by atoms with Gasteiger partial charge in [0.15, 0.2) is 0 Å². The van der Waals surface area contributed by atoms with Gasteiger partial charge >= 0.3 is 0 Å². The van der Waals surface area contributed by atoms with Crippen molar-refractivity contribution in [2.45, 2.75) is 18.9 Å². The Hall–Kier alpha value is -0.640. The Morgan fingerprint density at radius 3 is 3.06 bits per heavy atom. The van der Waals surface area contributed by atoms with E-state index in [9.17, 15) is 4.39 Å². The van der Waals surface area contributed by atoms with Crippen LogP contribution >= 0.6 is 11.6 Å². The molecule has 2 rings (SSSR count). The van der Waals surface area contributed by atoms with Crippen LogP contribution in [0.4, 0.5) is 4.39 Å². The average molecular weight is 244 g/mol. The monoisotopic (exact) mass is 243 g/mol. The number of hydrogen-bond acceptors (Lipinski definition) is 2. The first-order valence-corrected chi connectivity index (χ1v) is 5.90. The summed E-state index contributed by atoms with van der Waals surface area (Å²) in [6.45, 7) is 2.60. The third-order valence-electron chi connectivity index (χ3n) is 2.74. The van der Waals surface area contributed by atoms with E-state index in [-0.39, 0.29) is 16.9 Å². The molecule has 0 aliphatic carbocycles. The molecule has 1 N–H and O–H groups in total. The van der Waals surface area contributed by atoms with Crippen LogP contribution in [0.2, 0.25) is 5.02 Å². The fourth-order valence-electron chi connectivity index (χ4n) is 1.83. The molecule has 4 heteroatoms. The van der Waals surface area contributed by atoms with Gasteiger partial charge in [-0.3, -0.25) is 0 Å². The lowest BCUT2D eigenvalue weighted by atomic mass is 10.1. The Bertz CT molecular complexity index is 353. The minimum atomic E-state index is -0.360. The van der Waals surface area contributed by atoms with Crippen molar-refractivity contribution in [3.8, 4) is 0 Å². The molecule has 1 fully saturated rings. The van der Waals surface area contributed by atoms with E-state index in [1.807, 2.05) is 0 Å². The highest BCUT2D eigenvalue weighted by Gasteiger charge is 2.13. The molecule has 0 amide bonds. The van der Waals surface area contributed by atoms with Crippen molar-refractivity contribution in [2.24, 2.45) is 0 Å². The number of rotatable bonds is 3. The van der Waals surface area contributed by atoms with Crippen molar-refractivity contribution in [2.75, 3.05) is 19.7 Å². The van der Waals surface area contributed by atoms with Crippen LogP contribution in [0, 0.1) is 5.82 Å². The summed E-state index contributed by atoms with van der Waals surface area (Å²) in [5, 5.41) is 3.48. The molecule has 0 spiro atoms. The van der Waals surface area contributed by atoms with Crippen LogP contribution in [0.3, 0.4) is 0 Å². The Labute approximate surface area is 99.7 Å². The zero-order valence-electron chi connectivity index (χ0n) is 9.01. The first-order chi connectivity index (χ1) is 7.75. The normalized spacial score (nSPS) is 21.0. The summed E-state index contributed by atoms with van der Waals surface area (Å²) < 4.78 is 18.5. The maximum atomic E-state index is 12.9. The van der Waals surface area contributed by atoms with E-state index in [4.69, 9.17) is 16.3 Å². The summed E-state index contributed by atoms with van der Waals surface area (Å²) in [5.74, 6) is -0.360. The molecule has 1 aromatic carbocycles. The third-order valence-corrected chi connectivity index (χ3v) is 3.03. The van der Waals surface area contributed by atoms with Crippen LogP contribution in [-0.2, 0) is 11.2 Å². The number of benzene rings is 1. The van der Waals surface area contributed by atoms with Gasteiger partial charge in [-0.25, -0.2) is 4.39 Å². The molecule has 0 aromatic heterocycles. The van der Waals surface area contributed by atoms with Gasteiger partial charge in [-0.15, -0.1) is 0 Å². The summed E-state index contributed by atoms with van der Waals surface area (Å²) >= 11 is 5.72. The van der Waals surface area contributed by atoms with E-state index in [0.717, 1.165) is 38.1 Å². The van der Waals surface area contributed by atoms with Gasteiger partial charge in [0.1, 0.15) is 5.82 Å². The van der Waals surface area contributed by atoms with E-state index in [0.29, 0.717) is 0 Å². The van der Waals surface area contributed by atoms with E-state index in [1.165, 1.54) is 6.07 Å². The third kappa shape index (κ3) is 3.17. The van der Waals surface area contributed by atoms with Gasteiger partial charge in [-0.05, 0) is 30.5 Å². The summed E-state index contributed by atoms with van der Waals surface area (Å²) in [7, 11) is 0. The molecule has 1 unspecified atom stereocenters. The highest BCUT2D eigenvalue weighted by Crippen LogP contribution is 2.18. The SMILES string of the molecule is Fc1ccc(CCC2CNCCO2)cc1Cl. The molecule has 1 atom stereocenters. The molecular weight excluding hydrogens is 229 g/mol. The molecule has 88 valence electrons. The second-order valence-electron chi connectivity index (χ2n) is 3.98. The van der Waals surface area contributed by atoms with E-state index < -0.39 is 0 Å². The topological polar surface area (TPSA) is 21.3 Å². The highest BCUT2D eigenvalue weighted by molar-refractivity contribution is 6.30. The van der Waals surface area contributed by atoms with Crippen molar-refractivity contribution < 1.29 is 9.13 Å². The highest BCUT2D eigenvalue weighted by atomic mass is 35.5. The lowest BCUT2D eigenvalue weighted by molar-refractivity contribution is 0.0238. The predicted octanol–water partition coefficient (Wildman–Crippen LogP) is 2.40. The summed E-state index contributed by atoms with van der Waals surface area (Å²) in [5.41, 5.74) is 1.06. The second-order valence-corrected chi connectivity index (χ2v) is 4.39. The van der Waals surface area contributed by atoms with E-state index >= 15 is 0 Å². The number of aryl methyl sites for hydroxylation is 1. The van der Waals surface area contributed by atoms with Crippen molar-refractivity contribution in [3.05, 3.63) is 34.6 Å². The van der Waals surface area contributed by atoms with Gasteiger partial charge in [-0.1, -0.05) is 17.7 Å². The van der Waals surface area contributed by atoms with E-state index in [2.05, 4.69) is 5.32 Å². The van der Waals surface area contributed by atoms with Crippen molar-refractivity contribution in [1.82, 2.24) is 5.32 Å². The Balaban J connectivity index is 1.86. The van der Waals surface area contributed by atoms with Gasteiger partial charge in [0.05, 0.1) is 17.7 Å². The number of halogens is 2. The van der Waals surface area contributed by atoms with Gasteiger partial charge in [0, 0.05) is 13.1 Å². The van der Waals surface area contributed by atoms with Crippen LogP contribution in [-0.4, -0.2) is 25.8 Å². The largest absolute Gasteiger partial charge is 0.376 e. The van der Waals surface area contributed by atoms with Gasteiger partial charge < -0.3 is 10.1 Å². The Kier molecular flexibility index (Phi) is 4.16. The first-order valence-electron chi connectivity index (χ1n) is 5.52. The van der Waals surface area contributed by atoms with Crippen molar-refractivity contribution in [1.29, 1.82) is 0 Å². The molecule has 0 bridgehead atoms. The van der Waals surface area contributed by atoms with Gasteiger partial charge in [0.25, 0.3) is 0 Å². The van der Waals surface area contributed by atoms with Crippen LogP contribution in [0.1, 0.15) is 12.0 Å². The molecule has 0 radical (unpaired) electrons. The maximum absolute atomic E-state index is 12.9. The molecule has 1 saturated heterocycles. The number of morpholine rings is 1. The fourth-order valence-corrected chi connectivity index (χ4v) is 2.03. The van der Waals surface area contributed by atoms with Crippen LogP contribution in [0.5, 0.6) is 0 Å². The molecule has 1 aliphatic heterocycles. The van der Waals surface area contributed by atoms with Crippen molar-refractivity contribution in [3.63, 3.8) is 0 Å². The number of hydrogen-bond donors (Lipinski definition) is 1. The number of nitrogens with one attached hydrogen (secondary N) is 1. The van der Waals surface area contributed by atoms with Gasteiger partial charge in [0.2, 0.25) is 0 Å². The van der Waals surface area contributed by atoms with Gasteiger partial charge in [-0.2, -0.15) is 0 Å². The molecule has 16 heavy (non-hydrogen) atoms. The van der Waals surface area contributed by atoms with Crippen LogP contribution < -0.4 is 5.32 Å². The first kappa shape index (κ1) is 11.8. The Morgan fingerprint density at radius 2 is 2.38 bits per heavy atom. The molecular formula is C12H15ClFNO. The molecule has 2 nitrogen and oxygen atoms in total. The predicted molar refractivity (Wildman–Crippen MR) is 62.3 cm³/mol. The lowest BCUT2D eigenvalue weighted by Gasteiger charge is -2.23. The molecule has 1 heterocycles. The van der Waals surface area contributed by atoms with E-state index in [1.54, 1.807) is 12.1 Å². The average Bonchev–Trinajstić information content (AvgIpc) is 2.32. The molecule has 0 saturated carbocycles. The zero-order chi connectivity index (χ0) is 11.4. The summed E-state index contributed by atoms with van der Waals surface area (Å²) in [6.07, 6.45) is 2.07. The standard InChI is InChI=1S/C12H15ClFNO/c13-11-7-9(2-4-12(11)14)1-3-10-8-15-5-6-16-10/h2,4,7,10,15H,1,3,5-6,8H2. The maximum Gasteiger partial charge on any atom is 0.141 e. The lowest BCUT2D eigenvalue weighted by Crippen LogP contribution is -2.38. The summed E-state index contributed by atoms with van der Waals surface area (Å²) in [4.78, 5) is 0. The molecule has 1 aliphatic rings. The second kappa shape index (κ2) is 5.62. The minimum absolute atomic E-state index is 0.195. The van der Waals surface area contributed by atoms with Crippen LogP contribution in [0.25, 0.3) is 0 Å². The van der Waals surface area contributed by atoms with Crippen LogP contribution in [0.15, 0.2) is 18.2 Å². The quantitative estimate of drug-likeness (QED) is 0.880. The fraction of sp³-hybridized carbons (Fsp3) is 0.500. The Morgan fingerprint density at radius 1 is 1.50 bits per heavy atom. The zero-order valence-corrected chi connectivity index (χ0v) is 9.77. The summed E-state index contributed by atoms with van der Waals surface area (Å²) in [6, 6.07) is 4.88. The number of ether oxygens (including phenoxy) is 1. The smallest absolute Gasteiger partial charge is 0.141 e. The molecule has 1 aromatic rings. The van der Waals surface area contributed by atoms with Crippen molar-refractivity contribution >= 4 is 11.6 Å².